The van der Waals surface area contributed by atoms with Gasteiger partial charge in [-0.1, -0.05) is 18.2 Å². The summed E-state index contributed by atoms with van der Waals surface area (Å²) in [5.74, 6) is 0.868. The number of methoxy groups -OCH3 is 1. The van der Waals surface area contributed by atoms with Crippen molar-refractivity contribution in [2.75, 3.05) is 20.3 Å². The summed E-state index contributed by atoms with van der Waals surface area (Å²) in [6.07, 6.45) is -0.296. The largest absolute Gasteiger partial charge is 0 e. The van der Waals surface area contributed by atoms with E-state index in [1.165, 1.54) is 11.3 Å². The Balaban J connectivity index is 0.00000119. The Labute approximate surface area is 192 Å². The smallest absolute Gasteiger partial charge is 0 e. The first-order chi connectivity index (χ1) is 14.7. The maximum atomic E-state index is 7.50. The zero-order valence-corrected chi connectivity index (χ0v) is 18.6. The first kappa shape index (κ1) is 28.5. The van der Waals surface area contributed by atoms with E-state index in [-0.39, 0.29) is 23.7 Å². The molecule has 0 bridgehead atoms. The number of fused-ring (bicyclic) bond motifs is 1. The third-order valence-corrected chi connectivity index (χ3v) is 4.56. The van der Waals surface area contributed by atoms with Gasteiger partial charge in [-0.15, -0.1) is 0 Å². The van der Waals surface area contributed by atoms with Crippen molar-refractivity contribution >= 4 is 10.9 Å². The van der Waals surface area contributed by atoms with E-state index in [4.69, 9.17) is 28.2 Å². The van der Waals surface area contributed by atoms with Gasteiger partial charge in [0.25, 0.3) is 0 Å². The van der Waals surface area contributed by atoms with Gasteiger partial charge in [0.15, 0.2) is 6.29 Å². The van der Waals surface area contributed by atoms with E-state index in [2.05, 4.69) is 74.8 Å². The van der Waals surface area contributed by atoms with E-state index in [1.54, 1.807) is 7.11 Å². The van der Waals surface area contributed by atoms with Gasteiger partial charge in [-0.05, 0) is 43.7 Å². The van der Waals surface area contributed by atoms with Gasteiger partial charge in [0.05, 0.1) is 31.5 Å². The Hall–Kier alpha value is -2.55. The number of aromatic nitrogens is 1. The summed E-state index contributed by atoms with van der Waals surface area (Å²) in [6, 6.07) is 14.6. The zero-order valence-electron chi connectivity index (χ0n) is 17.3. The van der Waals surface area contributed by atoms with Crippen LogP contribution in [0.3, 0.4) is 0 Å². The molecule has 0 saturated carbocycles. The van der Waals surface area contributed by atoms with E-state index < -0.39 is 0 Å². The first-order valence-electron chi connectivity index (χ1n) is 8.79. The molecule has 2 heterocycles. The number of ether oxygens (including phenoxy) is 3. The Bertz CT molecular complexity index is 1020. The molecule has 3 aromatic rings. The molecular formula is C23H21CrNO6. The van der Waals surface area contributed by atoms with Gasteiger partial charge in [-0.2, -0.15) is 0 Å². The number of aryl methyl sites for hydroxylation is 2. The minimum absolute atomic E-state index is 0. The number of nitrogens with zero attached hydrogens (tertiary/aromatic N) is 1. The number of rotatable bonds is 3. The fourth-order valence-electron chi connectivity index (χ4n) is 3.47. The predicted octanol–water partition coefficient (Wildman–Crippen LogP) is 4.19. The van der Waals surface area contributed by atoms with Crippen molar-refractivity contribution in [2.45, 2.75) is 20.1 Å². The summed E-state index contributed by atoms with van der Waals surface area (Å²) < 4.78 is 41.7. The molecule has 0 atom stereocenters. The molecular weight excluding hydrogens is 438 g/mol. The molecule has 2 aromatic carbocycles. The minimum Gasteiger partial charge on any atom is 0 e. The number of para-hydroxylation sites is 1. The van der Waals surface area contributed by atoms with E-state index in [1.807, 2.05) is 6.07 Å². The fourth-order valence-corrected chi connectivity index (χ4v) is 3.47. The van der Waals surface area contributed by atoms with Crippen molar-refractivity contribution < 1.29 is 45.5 Å². The Kier molecular flexibility index (Phi) is 13.3. The van der Waals surface area contributed by atoms with E-state index in [0.717, 1.165) is 27.9 Å². The predicted molar refractivity (Wildman–Crippen MR) is 106 cm³/mol. The first-order valence-corrected chi connectivity index (χ1v) is 8.79. The van der Waals surface area contributed by atoms with Gasteiger partial charge in [-0.25, -0.2) is 0 Å². The second-order valence-electron chi connectivity index (χ2n) is 6.13. The van der Waals surface area contributed by atoms with Crippen LogP contribution in [0, 0.1) is 33.8 Å². The van der Waals surface area contributed by atoms with Crippen molar-refractivity contribution in [1.82, 2.24) is 4.57 Å². The zero-order chi connectivity index (χ0) is 22.7. The molecule has 1 aliphatic heterocycles. The molecule has 0 unspecified atom stereocenters. The van der Waals surface area contributed by atoms with Crippen LogP contribution >= 0.6 is 0 Å². The summed E-state index contributed by atoms with van der Waals surface area (Å²) in [4.78, 5) is 0. The van der Waals surface area contributed by atoms with Crippen LogP contribution in [0.1, 0.15) is 23.1 Å². The molecule has 160 valence electrons. The van der Waals surface area contributed by atoms with Gasteiger partial charge in [0, 0.05) is 34.0 Å². The quantitative estimate of drug-likeness (QED) is 0.434. The molecule has 0 N–H and O–H groups in total. The normalized spacial score (nSPS) is 12.0. The van der Waals surface area contributed by atoms with Crippen LogP contribution in [0.15, 0.2) is 42.5 Å². The maximum absolute atomic E-state index is 7.50. The maximum Gasteiger partial charge on any atom is 0 e. The Morgan fingerprint density at radius 1 is 0.935 bits per heavy atom. The average Bonchev–Trinajstić information content (AvgIpc) is 3.45. The summed E-state index contributed by atoms with van der Waals surface area (Å²) >= 11 is 0. The molecule has 8 heteroatoms. The van der Waals surface area contributed by atoms with E-state index in [9.17, 15) is 0 Å². The number of hydrogen-bond acceptors (Lipinski definition) is 3. The third kappa shape index (κ3) is 6.22. The molecule has 1 saturated heterocycles. The van der Waals surface area contributed by atoms with Crippen molar-refractivity contribution in [3.05, 3.63) is 79.2 Å². The van der Waals surface area contributed by atoms with Crippen LogP contribution in [-0.2, 0) is 40.8 Å². The van der Waals surface area contributed by atoms with Crippen LogP contribution < -0.4 is 4.74 Å². The molecule has 0 spiro atoms. The summed E-state index contributed by atoms with van der Waals surface area (Å²) in [5.41, 5.74) is 5.74. The Morgan fingerprint density at radius 3 is 2.13 bits per heavy atom. The van der Waals surface area contributed by atoms with Crippen LogP contribution in [0.5, 0.6) is 5.75 Å². The molecule has 0 amide bonds. The molecule has 1 fully saturated rings. The molecule has 4 rings (SSSR count). The molecule has 31 heavy (non-hydrogen) atoms. The number of benzene rings is 2. The SMILES string of the molecule is COc1ccc2c(c1)cc(C)n2-c1c(C)cccc1C1OCCO1.[C-]#[O+].[C-]#[O+].[C-]#[O+].[Cr]. The van der Waals surface area contributed by atoms with Gasteiger partial charge in [-0.3, -0.25) is 0 Å². The number of hydrogen-bond donors (Lipinski definition) is 0. The Morgan fingerprint density at radius 2 is 1.55 bits per heavy atom. The van der Waals surface area contributed by atoms with Crippen LogP contribution in [0.25, 0.3) is 16.6 Å². The minimum atomic E-state index is -0.296. The van der Waals surface area contributed by atoms with Crippen LogP contribution in [0.2, 0.25) is 0 Å². The standard InChI is InChI=1S/C20H21NO3.3CO.Cr/c1-13-5-4-6-17(20-23-9-10-24-20)19(13)21-14(2)11-15-12-16(22-3)7-8-18(15)21;3*1-2;/h4-8,11-12,20H,9-10H2,1-3H3;;;;. The van der Waals surface area contributed by atoms with Gasteiger partial charge in [0.1, 0.15) is 5.75 Å². The summed E-state index contributed by atoms with van der Waals surface area (Å²) in [7, 11) is 1.69. The van der Waals surface area contributed by atoms with Crippen molar-refractivity contribution in [1.29, 1.82) is 0 Å². The second kappa shape index (κ2) is 14.5. The molecule has 0 radical (unpaired) electrons. The van der Waals surface area contributed by atoms with E-state index >= 15 is 0 Å². The summed E-state index contributed by atoms with van der Waals surface area (Å²) in [5, 5.41) is 1.16. The summed E-state index contributed by atoms with van der Waals surface area (Å²) in [6.45, 7) is 19.0. The van der Waals surface area contributed by atoms with Gasteiger partial charge < -0.3 is 18.8 Å². The van der Waals surface area contributed by atoms with Gasteiger partial charge >= 0.3 is 33.9 Å². The van der Waals surface area contributed by atoms with Gasteiger partial charge in [0.2, 0.25) is 0 Å². The average molecular weight is 459 g/mol. The third-order valence-electron chi connectivity index (χ3n) is 4.56. The molecule has 7 nitrogen and oxygen atoms in total. The molecule has 1 aliphatic rings. The fraction of sp³-hybridized carbons (Fsp3) is 0.261. The topological polar surface area (TPSA) is 92.3 Å². The van der Waals surface area contributed by atoms with Crippen molar-refractivity contribution in [3.63, 3.8) is 0 Å². The van der Waals surface area contributed by atoms with E-state index in [0.29, 0.717) is 13.2 Å². The molecule has 1 aromatic heterocycles. The van der Waals surface area contributed by atoms with Crippen LogP contribution in [0.4, 0.5) is 0 Å². The second-order valence-corrected chi connectivity index (χ2v) is 6.13. The monoisotopic (exact) mass is 459 g/mol. The molecule has 0 aliphatic carbocycles. The van der Waals surface area contributed by atoms with Crippen molar-refractivity contribution in [2.24, 2.45) is 0 Å². The van der Waals surface area contributed by atoms with Crippen LogP contribution in [-0.4, -0.2) is 24.9 Å². The van der Waals surface area contributed by atoms with Crippen molar-refractivity contribution in [3.8, 4) is 11.4 Å².